The van der Waals surface area contributed by atoms with Gasteiger partial charge in [-0.1, -0.05) is 54.6 Å². The molecule has 1 aliphatic heterocycles. The van der Waals surface area contributed by atoms with E-state index in [2.05, 4.69) is 0 Å². The van der Waals surface area contributed by atoms with E-state index in [0.29, 0.717) is 0 Å². The summed E-state index contributed by atoms with van der Waals surface area (Å²) in [6.45, 7) is 0.722. The third-order valence-electron chi connectivity index (χ3n) is 5.82. The van der Waals surface area contributed by atoms with Crippen molar-refractivity contribution in [2.45, 2.75) is 37.6 Å². The summed E-state index contributed by atoms with van der Waals surface area (Å²) in [5, 5.41) is 10.9. The third kappa shape index (κ3) is 7.07. The molecule has 0 spiro atoms. The summed E-state index contributed by atoms with van der Waals surface area (Å²) in [4.78, 5) is 50.5. The fourth-order valence-electron chi connectivity index (χ4n) is 3.93. The monoisotopic (exact) mass is 534 g/mol. The molecular formula is C29H26O10. The number of rotatable bonds is 8. The number of carbonyl (C=O) groups is 4. The van der Waals surface area contributed by atoms with Gasteiger partial charge in [-0.3, -0.25) is 4.79 Å². The Hall–Kier alpha value is -4.54. The first-order valence-electron chi connectivity index (χ1n) is 12.1. The maximum absolute atomic E-state index is 13.1. The quantitative estimate of drug-likeness (QED) is 0.339. The predicted molar refractivity (Wildman–Crippen MR) is 134 cm³/mol. The fourth-order valence-corrected chi connectivity index (χ4v) is 3.93. The van der Waals surface area contributed by atoms with Crippen molar-refractivity contribution in [2.24, 2.45) is 0 Å². The molecule has 0 aromatic heterocycles. The molecule has 1 fully saturated rings. The molecule has 1 aliphatic rings. The Balaban J connectivity index is 1.69. The zero-order valence-corrected chi connectivity index (χ0v) is 20.9. The van der Waals surface area contributed by atoms with Gasteiger partial charge in [-0.2, -0.15) is 0 Å². The number of aliphatic hydroxyl groups is 1. The van der Waals surface area contributed by atoms with E-state index in [-0.39, 0.29) is 16.7 Å². The first-order chi connectivity index (χ1) is 18.8. The van der Waals surface area contributed by atoms with Crippen LogP contribution in [0.2, 0.25) is 0 Å². The Morgan fingerprint density at radius 3 is 1.44 bits per heavy atom. The number of benzene rings is 3. The largest absolute Gasteiger partial charge is 0.463 e. The van der Waals surface area contributed by atoms with Gasteiger partial charge in [0.25, 0.3) is 0 Å². The number of hydrogen-bond acceptors (Lipinski definition) is 10. The Bertz CT molecular complexity index is 1280. The summed E-state index contributed by atoms with van der Waals surface area (Å²) in [5.41, 5.74) is 0.509. The van der Waals surface area contributed by atoms with Crippen LogP contribution in [0.5, 0.6) is 0 Å². The number of aliphatic hydroxyl groups excluding tert-OH is 1. The molecule has 4 rings (SSSR count). The Kier molecular flexibility index (Phi) is 9.03. The van der Waals surface area contributed by atoms with E-state index in [4.69, 9.17) is 23.7 Å². The smallest absolute Gasteiger partial charge is 0.338 e. The van der Waals surface area contributed by atoms with E-state index in [1.165, 1.54) is 43.3 Å². The van der Waals surface area contributed by atoms with Crippen molar-refractivity contribution >= 4 is 23.9 Å². The van der Waals surface area contributed by atoms with Gasteiger partial charge in [-0.15, -0.1) is 0 Å². The molecule has 0 amide bonds. The number of esters is 4. The lowest BCUT2D eigenvalue weighted by molar-refractivity contribution is -0.285. The molecule has 10 nitrogen and oxygen atoms in total. The van der Waals surface area contributed by atoms with Gasteiger partial charge >= 0.3 is 23.9 Å². The van der Waals surface area contributed by atoms with Gasteiger partial charge in [-0.05, 0) is 36.4 Å². The highest BCUT2D eigenvalue weighted by Crippen LogP contribution is 2.30. The van der Waals surface area contributed by atoms with Crippen molar-refractivity contribution in [1.29, 1.82) is 0 Å². The first kappa shape index (κ1) is 27.5. The van der Waals surface area contributed by atoms with Crippen LogP contribution in [0.3, 0.4) is 0 Å². The van der Waals surface area contributed by atoms with Gasteiger partial charge < -0.3 is 28.8 Å². The number of ether oxygens (including phenoxy) is 5. The summed E-state index contributed by atoms with van der Waals surface area (Å²) >= 11 is 0. The van der Waals surface area contributed by atoms with Crippen molar-refractivity contribution in [3.63, 3.8) is 0 Å². The van der Waals surface area contributed by atoms with Gasteiger partial charge in [0.05, 0.1) is 16.7 Å². The normalized spacial score (nSPS) is 22.3. The molecule has 39 heavy (non-hydrogen) atoms. The highest BCUT2D eigenvalue weighted by molar-refractivity contribution is 5.91. The highest BCUT2D eigenvalue weighted by Gasteiger charge is 2.52. The van der Waals surface area contributed by atoms with Crippen LogP contribution in [0.1, 0.15) is 38.0 Å². The van der Waals surface area contributed by atoms with Gasteiger partial charge in [0.2, 0.25) is 0 Å². The van der Waals surface area contributed by atoms with Crippen LogP contribution >= 0.6 is 0 Å². The van der Waals surface area contributed by atoms with Crippen LogP contribution in [0, 0.1) is 0 Å². The molecule has 202 valence electrons. The van der Waals surface area contributed by atoms with E-state index in [9.17, 15) is 24.3 Å². The average Bonchev–Trinajstić information content (AvgIpc) is 2.96. The summed E-state index contributed by atoms with van der Waals surface area (Å²) in [7, 11) is 0. The zero-order valence-electron chi connectivity index (χ0n) is 20.9. The fraction of sp³-hybridized carbons (Fsp3) is 0.241. The lowest BCUT2D eigenvalue weighted by Gasteiger charge is -2.42. The van der Waals surface area contributed by atoms with Gasteiger partial charge in [0.15, 0.2) is 24.6 Å². The maximum Gasteiger partial charge on any atom is 0.338 e. The summed E-state index contributed by atoms with van der Waals surface area (Å²) in [6, 6.07) is 23.9. The third-order valence-corrected chi connectivity index (χ3v) is 5.82. The molecule has 0 radical (unpaired) electrons. The van der Waals surface area contributed by atoms with E-state index in [1.807, 2.05) is 0 Å². The molecule has 5 atom stereocenters. The van der Waals surface area contributed by atoms with E-state index >= 15 is 0 Å². The second-order valence-corrected chi connectivity index (χ2v) is 8.58. The second-order valence-electron chi connectivity index (χ2n) is 8.58. The van der Waals surface area contributed by atoms with Gasteiger partial charge in [0.1, 0.15) is 12.7 Å². The van der Waals surface area contributed by atoms with Crippen molar-refractivity contribution < 1.29 is 48.0 Å². The van der Waals surface area contributed by atoms with Crippen molar-refractivity contribution in [2.75, 3.05) is 6.61 Å². The van der Waals surface area contributed by atoms with Crippen LogP contribution in [0.4, 0.5) is 0 Å². The molecule has 1 saturated heterocycles. The molecule has 0 bridgehead atoms. The minimum Gasteiger partial charge on any atom is -0.463 e. The highest BCUT2D eigenvalue weighted by atomic mass is 16.7. The lowest BCUT2D eigenvalue weighted by atomic mass is 9.97. The van der Waals surface area contributed by atoms with Crippen molar-refractivity contribution in [3.8, 4) is 0 Å². The summed E-state index contributed by atoms with van der Waals surface area (Å²) in [6.07, 6.45) is -7.67. The second kappa shape index (κ2) is 12.8. The van der Waals surface area contributed by atoms with Gasteiger partial charge in [0, 0.05) is 6.92 Å². The zero-order chi connectivity index (χ0) is 27.8. The van der Waals surface area contributed by atoms with Crippen molar-refractivity contribution in [1.82, 2.24) is 0 Å². The summed E-state index contributed by atoms with van der Waals surface area (Å²) < 4.78 is 27.6. The molecule has 10 heteroatoms. The van der Waals surface area contributed by atoms with Crippen LogP contribution in [-0.2, 0) is 28.5 Å². The van der Waals surface area contributed by atoms with Crippen LogP contribution < -0.4 is 0 Å². The molecule has 1 heterocycles. The standard InChI is InChI=1S/C29H26O10/c1-18(30)35-17-22-23(37-26(31)19-11-5-2-6-12-19)24(38-27(32)20-13-7-3-8-14-20)25(29(34)36-22)39-28(33)21-15-9-4-10-16-21/h2-16,22-25,29,34H,17H2,1H3/t22-,23-,24+,25+,29?/m1/s1. The van der Waals surface area contributed by atoms with E-state index in [0.717, 1.165) is 0 Å². The lowest BCUT2D eigenvalue weighted by Crippen LogP contribution is -2.62. The van der Waals surface area contributed by atoms with Crippen LogP contribution in [-0.4, -0.2) is 66.3 Å². The number of hydrogen-bond donors (Lipinski definition) is 1. The Labute approximate surface area is 224 Å². The molecule has 1 unspecified atom stereocenters. The predicted octanol–water partition coefficient (Wildman–Crippen LogP) is 2.94. The molecular weight excluding hydrogens is 508 g/mol. The average molecular weight is 535 g/mol. The Morgan fingerprint density at radius 1 is 0.641 bits per heavy atom. The SMILES string of the molecule is CC(=O)OC[C@H]1OC(O)[C@@H](OC(=O)c2ccccc2)[C@@H](OC(=O)c2ccccc2)[C@@H]1OC(=O)c1ccccc1. The molecule has 0 saturated carbocycles. The molecule has 3 aromatic rings. The van der Waals surface area contributed by atoms with E-state index in [1.54, 1.807) is 54.6 Å². The van der Waals surface area contributed by atoms with E-state index < -0.39 is 61.2 Å². The maximum atomic E-state index is 13.1. The first-order valence-corrected chi connectivity index (χ1v) is 12.1. The van der Waals surface area contributed by atoms with Crippen LogP contribution in [0.15, 0.2) is 91.0 Å². The minimum absolute atomic E-state index is 0.163. The van der Waals surface area contributed by atoms with Crippen LogP contribution in [0.25, 0.3) is 0 Å². The molecule has 1 N–H and O–H groups in total. The molecule has 0 aliphatic carbocycles. The number of carbonyl (C=O) groups excluding carboxylic acids is 4. The van der Waals surface area contributed by atoms with Crippen molar-refractivity contribution in [3.05, 3.63) is 108 Å². The minimum atomic E-state index is -1.82. The van der Waals surface area contributed by atoms with Gasteiger partial charge in [-0.25, -0.2) is 14.4 Å². The Morgan fingerprint density at radius 2 is 1.03 bits per heavy atom. The molecule has 3 aromatic carbocycles. The topological polar surface area (TPSA) is 135 Å². The summed E-state index contributed by atoms with van der Waals surface area (Å²) in [5.74, 6) is -3.13.